The van der Waals surface area contributed by atoms with Crippen LogP contribution in [0.15, 0.2) is 0 Å². The van der Waals surface area contributed by atoms with Crippen LogP contribution in [-0.4, -0.2) is 44.8 Å². The third-order valence-electron chi connectivity index (χ3n) is 10.5. The highest BCUT2D eigenvalue weighted by Gasteiger charge is 2.44. The molecule has 4 saturated carbocycles. The van der Waals surface area contributed by atoms with E-state index < -0.39 is 0 Å². The summed E-state index contributed by atoms with van der Waals surface area (Å²) >= 11 is 0. The van der Waals surface area contributed by atoms with Gasteiger partial charge in [-0.25, -0.2) is 0 Å². The van der Waals surface area contributed by atoms with Crippen molar-refractivity contribution in [3.8, 4) is 0 Å². The quantitative estimate of drug-likeness (QED) is 0.234. The molecule has 11 unspecified atom stereocenters. The second-order valence-electron chi connectivity index (χ2n) is 13.3. The third-order valence-corrected chi connectivity index (χ3v) is 10.5. The van der Waals surface area contributed by atoms with Crippen LogP contribution in [0.1, 0.15) is 201 Å². The molecule has 0 spiro atoms. The van der Waals surface area contributed by atoms with Crippen LogP contribution in [0.4, 0.5) is 0 Å². The number of hydrogen-bond donors (Lipinski definition) is 4. The minimum Gasteiger partial charge on any atom is -0.393 e. The number of hydrogen-bond acceptors (Lipinski definition) is 4. The first-order valence-electron chi connectivity index (χ1n) is 21.4. The summed E-state index contributed by atoms with van der Waals surface area (Å²) < 4.78 is 0. The molecule has 290 valence electrons. The summed E-state index contributed by atoms with van der Waals surface area (Å²) in [6, 6.07) is 0. The lowest BCUT2D eigenvalue weighted by Gasteiger charge is -2.47. The zero-order valence-corrected chi connectivity index (χ0v) is 35.5. The number of aliphatic hydroxyl groups excluding tert-OH is 4. The van der Waals surface area contributed by atoms with E-state index in [1.165, 1.54) is 0 Å². The molecule has 47 heavy (non-hydrogen) atoms. The monoisotopic (exact) mass is 675 g/mol. The van der Waals surface area contributed by atoms with E-state index in [0.717, 1.165) is 83.5 Å². The molecular formula is C43H94O4. The standard InChI is InChI=1S/C29H52O4.7C2H6/c1-17-4-9-27(31)22(11-17)15-24-13-21(20-5-7-26(30)8-6-20)14-25(29(24)33)16-23-12-18(2)10-19(3)28(23)32;7*1-2/h17-33H,4-16H2,1-3H3;7*1-2H3. The van der Waals surface area contributed by atoms with E-state index in [1.54, 1.807) is 0 Å². The van der Waals surface area contributed by atoms with E-state index in [4.69, 9.17) is 0 Å². The van der Waals surface area contributed by atoms with Gasteiger partial charge in [-0.15, -0.1) is 0 Å². The molecule has 0 amide bonds. The highest BCUT2D eigenvalue weighted by atomic mass is 16.3. The van der Waals surface area contributed by atoms with Gasteiger partial charge in [0.05, 0.1) is 24.4 Å². The topological polar surface area (TPSA) is 80.9 Å². The summed E-state index contributed by atoms with van der Waals surface area (Å²) in [7, 11) is 0. The van der Waals surface area contributed by atoms with Crippen molar-refractivity contribution in [2.45, 2.75) is 226 Å². The van der Waals surface area contributed by atoms with E-state index >= 15 is 0 Å². The maximum Gasteiger partial charge on any atom is 0.0596 e. The second kappa shape index (κ2) is 34.3. The van der Waals surface area contributed by atoms with Crippen LogP contribution >= 0.6 is 0 Å². The fourth-order valence-electron chi connectivity index (χ4n) is 8.71. The molecule has 11 atom stereocenters. The first kappa shape index (κ1) is 53.6. The van der Waals surface area contributed by atoms with Gasteiger partial charge >= 0.3 is 0 Å². The second-order valence-corrected chi connectivity index (χ2v) is 13.3. The molecule has 4 nitrogen and oxygen atoms in total. The van der Waals surface area contributed by atoms with E-state index in [1.807, 2.05) is 96.9 Å². The molecule has 0 radical (unpaired) electrons. The molecule has 0 heterocycles. The van der Waals surface area contributed by atoms with Crippen LogP contribution in [0, 0.1) is 53.3 Å². The van der Waals surface area contributed by atoms with Gasteiger partial charge in [0.15, 0.2) is 0 Å². The first-order chi connectivity index (χ1) is 22.7. The van der Waals surface area contributed by atoms with Gasteiger partial charge < -0.3 is 20.4 Å². The van der Waals surface area contributed by atoms with E-state index in [2.05, 4.69) is 20.8 Å². The molecule has 4 aliphatic rings. The Balaban J connectivity index is -0.000000586. The zero-order chi connectivity index (χ0) is 37.7. The lowest BCUT2D eigenvalue weighted by Crippen LogP contribution is -2.45. The van der Waals surface area contributed by atoms with Gasteiger partial charge in [0.25, 0.3) is 0 Å². The maximum atomic E-state index is 11.6. The van der Waals surface area contributed by atoms with Crippen LogP contribution in [-0.2, 0) is 0 Å². The molecule has 0 aromatic heterocycles. The van der Waals surface area contributed by atoms with E-state index in [-0.39, 0.29) is 36.3 Å². The Morgan fingerprint density at radius 2 is 0.787 bits per heavy atom. The minimum atomic E-state index is -0.306. The number of aliphatic hydroxyl groups is 4. The molecule has 0 aliphatic heterocycles. The molecule has 4 heteroatoms. The van der Waals surface area contributed by atoms with Gasteiger partial charge in [-0.3, -0.25) is 0 Å². The lowest BCUT2D eigenvalue weighted by molar-refractivity contribution is -0.0711. The predicted molar refractivity (Wildman–Crippen MR) is 212 cm³/mol. The van der Waals surface area contributed by atoms with Gasteiger partial charge in [-0.2, -0.15) is 0 Å². The smallest absolute Gasteiger partial charge is 0.0596 e. The van der Waals surface area contributed by atoms with Crippen LogP contribution in [0.2, 0.25) is 0 Å². The highest BCUT2D eigenvalue weighted by Crippen LogP contribution is 2.49. The summed E-state index contributed by atoms with van der Waals surface area (Å²) in [6.45, 7) is 34.8. The molecule has 0 aromatic carbocycles. The van der Waals surface area contributed by atoms with Gasteiger partial charge in [-0.05, 0) is 137 Å². The molecule has 4 aliphatic carbocycles. The molecule has 4 fully saturated rings. The average Bonchev–Trinajstić information content (AvgIpc) is 3.13. The van der Waals surface area contributed by atoms with E-state index in [9.17, 15) is 20.4 Å². The van der Waals surface area contributed by atoms with Gasteiger partial charge in [0.1, 0.15) is 0 Å². The van der Waals surface area contributed by atoms with Crippen molar-refractivity contribution >= 4 is 0 Å². The van der Waals surface area contributed by atoms with Crippen molar-refractivity contribution in [1.29, 1.82) is 0 Å². The molecule has 4 rings (SSSR count). The summed E-state index contributed by atoms with van der Waals surface area (Å²) in [5.74, 6) is 4.10. The molecule has 0 saturated heterocycles. The van der Waals surface area contributed by atoms with Crippen LogP contribution < -0.4 is 0 Å². The largest absolute Gasteiger partial charge is 0.393 e. The Bertz CT molecular complexity index is 605. The first-order valence-corrected chi connectivity index (χ1v) is 21.4. The Morgan fingerprint density at radius 1 is 0.383 bits per heavy atom. The summed E-state index contributed by atoms with van der Waals surface area (Å²) in [5, 5.41) is 43.3. The normalized spacial score (nSPS) is 37.3. The summed E-state index contributed by atoms with van der Waals surface area (Å²) in [6.07, 6.45) is 12.6. The zero-order valence-electron chi connectivity index (χ0n) is 35.5. The third kappa shape index (κ3) is 19.7. The minimum absolute atomic E-state index is 0.124. The van der Waals surface area contributed by atoms with Crippen molar-refractivity contribution in [1.82, 2.24) is 0 Å². The van der Waals surface area contributed by atoms with E-state index in [0.29, 0.717) is 41.4 Å². The van der Waals surface area contributed by atoms with Crippen molar-refractivity contribution in [2.24, 2.45) is 53.3 Å². The molecule has 0 bridgehead atoms. The molecule has 0 aromatic rings. The number of rotatable bonds is 5. The fraction of sp³-hybridized carbons (Fsp3) is 1.00. The van der Waals surface area contributed by atoms with Gasteiger partial charge in [0.2, 0.25) is 0 Å². The van der Waals surface area contributed by atoms with Crippen molar-refractivity contribution in [2.75, 3.05) is 0 Å². The summed E-state index contributed by atoms with van der Waals surface area (Å²) in [4.78, 5) is 0. The average molecular weight is 675 g/mol. The molecular weight excluding hydrogens is 580 g/mol. The Labute approximate surface area is 298 Å². The van der Waals surface area contributed by atoms with Crippen LogP contribution in [0.25, 0.3) is 0 Å². The van der Waals surface area contributed by atoms with Crippen LogP contribution in [0.5, 0.6) is 0 Å². The molecule has 4 N–H and O–H groups in total. The summed E-state index contributed by atoms with van der Waals surface area (Å²) in [5.41, 5.74) is 0. The fourth-order valence-corrected chi connectivity index (χ4v) is 8.71. The van der Waals surface area contributed by atoms with Gasteiger partial charge in [0, 0.05) is 0 Å². The maximum absolute atomic E-state index is 11.6. The highest BCUT2D eigenvalue weighted by molar-refractivity contribution is 4.95. The van der Waals surface area contributed by atoms with Gasteiger partial charge in [-0.1, -0.05) is 118 Å². The lowest BCUT2D eigenvalue weighted by atomic mass is 9.60. The Hall–Kier alpha value is -0.160. The van der Waals surface area contributed by atoms with Crippen molar-refractivity contribution < 1.29 is 20.4 Å². The van der Waals surface area contributed by atoms with Crippen molar-refractivity contribution in [3.05, 3.63) is 0 Å². The Kier molecular flexibility index (Phi) is 39.1. The van der Waals surface area contributed by atoms with Crippen LogP contribution in [0.3, 0.4) is 0 Å². The Morgan fingerprint density at radius 3 is 1.26 bits per heavy atom. The van der Waals surface area contributed by atoms with Crippen molar-refractivity contribution in [3.63, 3.8) is 0 Å². The predicted octanol–water partition coefficient (Wildman–Crippen LogP) is 12.3. The SMILES string of the molecule is CC.CC.CC.CC.CC.CC.CC.CC1CCC(O)C(CC2CC(C3CCC(O)CC3)CC(CC3CC(C)CC(C)C3O)C2O)C1.